The van der Waals surface area contributed by atoms with Gasteiger partial charge in [0.2, 0.25) is 0 Å². The highest BCUT2D eigenvalue weighted by atomic mass is 16.6. The van der Waals surface area contributed by atoms with E-state index in [1.807, 2.05) is 0 Å². The van der Waals surface area contributed by atoms with E-state index in [1.165, 1.54) is 35.3 Å². The molecule has 2 aliphatic rings. The zero-order valence-electron chi connectivity index (χ0n) is 17.0. The highest BCUT2D eigenvalue weighted by Gasteiger charge is 2.18. The molecule has 26 heavy (non-hydrogen) atoms. The first kappa shape index (κ1) is 19.8. The number of hydrogen-bond acceptors (Lipinski definition) is 5. The van der Waals surface area contributed by atoms with Gasteiger partial charge in [-0.2, -0.15) is 0 Å². The van der Waals surface area contributed by atoms with Crippen LogP contribution in [0.3, 0.4) is 0 Å². The highest BCUT2D eigenvalue weighted by Crippen LogP contribution is 2.20. The van der Waals surface area contributed by atoms with Crippen LogP contribution in [0.4, 0.5) is 0 Å². The maximum atomic E-state index is 5.79. The van der Waals surface area contributed by atoms with Gasteiger partial charge in [0.15, 0.2) is 0 Å². The van der Waals surface area contributed by atoms with Crippen LogP contribution in [0.1, 0.15) is 22.3 Å². The largest absolute Gasteiger partial charge is 0.376 e. The Balaban J connectivity index is 1.61. The predicted molar refractivity (Wildman–Crippen MR) is 106 cm³/mol. The van der Waals surface area contributed by atoms with E-state index < -0.39 is 0 Å². The summed E-state index contributed by atoms with van der Waals surface area (Å²) >= 11 is 0. The van der Waals surface area contributed by atoms with Gasteiger partial charge < -0.3 is 14.4 Å². The van der Waals surface area contributed by atoms with Gasteiger partial charge in [-0.3, -0.25) is 9.80 Å². The molecule has 0 aromatic heterocycles. The molecule has 1 aromatic carbocycles. The molecule has 2 saturated heterocycles. The zero-order valence-corrected chi connectivity index (χ0v) is 17.0. The van der Waals surface area contributed by atoms with E-state index >= 15 is 0 Å². The number of hydrogen-bond donors (Lipinski definition) is 0. The van der Waals surface area contributed by atoms with Crippen molar-refractivity contribution < 1.29 is 9.47 Å². The number of aryl methyl sites for hydroxylation is 2. The van der Waals surface area contributed by atoms with Gasteiger partial charge in [0.05, 0.1) is 25.9 Å². The summed E-state index contributed by atoms with van der Waals surface area (Å²) in [5.74, 6) is 0. The molecule has 2 aliphatic heterocycles. The van der Waals surface area contributed by atoms with Gasteiger partial charge in [-0.25, -0.2) is 0 Å². The fourth-order valence-corrected chi connectivity index (χ4v) is 3.88. The third kappa shape index (κ3) is 5.51. The monoisotopic (exact) mass is 361 g/mol. The summed E-state index contributed by atoms with van der Waals surface area (Å²) in [6, 6.07) is 4.78. The smallest absolute Gasteiger partial charge is 0.0936 e. The Hall–Kier alpha value is -0.980. The number of likely N-dealkylation sites (N-methyl/N-ethyl adjacent to an activating group) is 2. The van der Waals surface area contributed by atoms with Crippen molar-refractivity contribution in [2.24, 2.45) is 0 Å². The van der Waals surface area contributed by atoms with Crippen LogP contribution in [0.25, 0.3) is 0 Å². The fraction of sp³-hybridized carbons (Fsp3) is 0.714. The molecule has 1 atom stereocenters. The number of nitrogens with zero attached hydrogens (tertiary/aromatic N) is 3. The van der Waals surface area contributed by atoms with Crippen LogP contribution in [0.5, 0.6) is 0 Å². The van der Waals surface area contributed by atoms with Crippen LogP contribution in [-0.2, 0) is 22.6 Å². The van der Waals surface area contributed by atoms with Gasteiger partial charge >= 0.3 is 0 Å². The van der Waals surface area contributed by atoms with Crippen molar-refractivity contribution >= 4 is 0 Å². The molecule has 5 heteroatoms. The number of piperazine rings is 1. The van der Waals surface area contributed by atoms with Gasteiger partial charge in [-0.15, -0.1) is 0 Å². The van der Waals surface area contributed by atoms with E-state index in [9.17, 15) is 0 Å². The molecule has 1 unspecified atom stereocenters. The maximum Gasteiger partial charge on any atom is 0.0936 e. The maximum absolute atomic E-state index is 5.79. The second kappa shape index (κ2) is 9.29. The molecular weight excluding hydrogens is 326 g/mol. The van der Waals surface area contributed by atoms with Gasteiger partial charge in [0.25, 0.3) is 0 Å². The zero-order chi connectivity index (χ0) is 18.5. The molecule has 0 aliphatic carbocycles. The van der Waals surface area contributed by atoms with E-state index in [0.29, 0.717) is 6.61 Å². The van der Waals surface area contributed by atoms with Crippen molar-refractivity contribution in [3.05, 3.63) is 34.4 Å². The minimum atomic E-state index is 0.198. The first-order chi connectivity index (χ1) is 12.5. The third-order valence-corrected chi connectivity index (χ3v) is 5.62. The second-order valence-corrected chi connectivity index (χ2v) is 8.05. The standard InChI is InChI=1S/C21H35N3O2/c1-17-11-18(2)20(14-24-7-5-22(3)6-8-24)12-19(17)13-23(4)15-21-16-25-9-10-26-21/h11-12,21H,5-10,13-16H2,1-4H3. The average molecular weight is 362 g/mol. The van der Waals surface area contributed by atoms with Crippen molar-refractivity contribution in [2.45, 2.75) is 33.0 Å². The molecule has 0 spiro atoms. The Kier molecular flexibility index (Phi) is 7.06. The molecule has 2 heterocycles. The molecule has 2 fully saturated rings. The topological polar surface area (TPSA) is 28.2 Å². The van der Waals surface area contributed by atoms with Crippen LogP contribution in [0.15, 0.2) is 12.1 Å². The van der Waals surface area contributed by atoms with E-state index in [0.717, 1.165) is 45.9 Å². The summed E-state index contributed by atoms with van der Waals surface area (Å²) in [5.41, 5.74) is 5.70. The van der Waals surface area contributed by atoms with Crippen LogP contribution < -0.4 is 0 Å². The number of ether oxygens (including phenoxy) is 2. The lowest BCUT2D eigenvalue weighted by Crippen LogP contribution is -2.44. The second-order valence-electron chi connectivity index (χ2n) is 8.05. The SMILES string of the molecule is Cc1cc(C)c(CN2CCN(C)CC2)cc1CN(C)CC1COCCO1. The lowest BCUT2D eigenvalue weighted by molar-refractivity contribution is -0.0963. The third-order valence-electron chi connectivity index (χ3n) is 5.62. The normalized spacial score (nSPS) is 22.9. The van der Waals surface area contributed by atoms with E-state index in [-0.39, 0.29) is 6.10 Å². The molecule has 3 rings (SSSR count). The summed E-state index contributed by atoms with van der Waals surface area (Å²) in [5, 5.41) is 0. The van der Waals surface area contributed by atoms with E-state index in [2.05, 4.69) is 54.8 Å². The average Bonchev–Trinajstić information content (AvgIpc) is 2.62. The summed E-state index contributed by atoms with van der Waals surface area (Å²) in [6.45, 7) is 14.3. The van der Waals surface area contributed by atoms with Crippen LogP contribution in [0.2, 0.25) is 0 Å². The Morgan fingerprint density at radius 2 is 1.77 bits per heavy atom. The molecule has 5 nitrogen and oxygen atoms in total. The molecule has 0 N–H and O–H groups in total. The molecule has 0 bridgehead atoms. The fourth-order valence-electron chi connectivity index (χ4n) is 3.88. The summed E-state index contributed by atoms with van der Waals surface area (Å²) < 4.78 is 11.3. The molecule has 0 amide bonds. The van der Waals surface area contributed by atoms with Gasteiger partial charge in [0.1, 0.15) is 0 Å². The minimum absolute atomic E-state index is 0.198. The Morgan fingerprint density at radius 1 is 1.04 bits per heavy atom. The molecular formula is C21H35N3O2. The Morgan fingerprint density at radius 3 is 2.46 bits per heavy atom. The summed E-state index contributed by atoms with van der Waals surface area (Å²) in [7, 11) is 4.39. The molecule has 0 saturated carbocycles. The van der Waals surface area contributed by atoms with E-state index in [1.54, 1.807) is 0 Å². The first-order valence-corrected chi connectivity index (χ1v) is 9.89. The van der Waals surface area contributed by atoms with Crippen molar-refractivity contribution in [2.75, 3.05) is 66.6 Å². The van der Waals surface area contributed by atoms with Crippen LogP contribution in [0, 0.1) is 13.8 Å². The predicted octanol–water partition coefficient (Wildman–Crippen LogP) is 1.90. The lowest BCUT2D eigenvalue weighted by Gasteiger charge is -2.33. The Bertz CT molecular complexity index is 579. The quantitative estimate of drug-likeness (QED) is 0.772. The van der Waals surface area contributed by atoms with Crippen molar-refractivity contribution in [3.8, 4) is 0 Å². The van der Waals surface area contributed by atoms with Gasteiger partial charge in [0, 0.05) is 45.8 Å². The summed E-state index contributed by atoms with van der Waals surface area (Å²) in [4.78, 5) is 7.35. The number of benzene rings is 1. The Labute approximate surface area is 158 Å². The van der Waals surface area contributed by atoms with Crippen LogP contribution >= 0.6 is 0 Å². The molecule has 1 aromatic rings. The van der Waals surface area contributed by atoms with Crippen molar-refractivity contribution in [3.63, 3.8) is 0 Å². The molecule has 0 radical (unpaired) electrons. The lowest BCUT2D eigenvalue weighted by atomic mass is 9.99. The van der Waals surface area contributed by atoms with Crippen molar-refractivity contribution in [1.29, 1.82) is 0 Å². The number of rotatable bonds is 6. The van der Waals surface area contributed by atoms with Gasteiger partial charge in [-0.1, -0.05) is 12.1 Å². The van der Waals surface area contributed by atoms with Crippen LogP contribution in [-0.4, -0.2) is 87.4 Å². The van der Waals surface area contributed by atoms with E-state index in [4.69, 9.17) is 9.47 Å². The van der Waals surface area contributed by atoms with Gasteiger partial charge in [-0.05, 0) is 50.2 Å². The highest BCUT2D eigenvalue weighted by molar-refractivity contribution is 5.37. The molecule has 146 valence electrons. The van der Waals surface area contributed by atoms with Crippen molar-refractivity contribution in [1.82, 2.24) is 14.7 Å². The summed E-state index contributed by atoms with van der Waals surface area (Å²) in [6.07, 6.45) is 0.198. The first-order valence-electron chi connectivity index (χ1n) is 9.89. The minimum Gasteiger partial charge on any atom is -0.376 e.